The molecule has 0 amide bonds. The highest BCUT2D eigenvalue weighted by atomic mass is 35.5. The third kappa shape index (κ3) is 1.06. The lowest BCUT2D eigenvalue weighted by atomic mass is 10.0. The van der Waals surface area contributed by atoms with Gasteiger partial charge in [-0.3, -0.25) is 4.79 Å². The quantitative estimate of drug-likeness (QED) is 0.583. The normalized spacial score (nSPS) is 34.1. The predicted octanol–water partition coefficient (Wildman–Crippen LogP) is 3.02. The van der Waals surface area contributed by atoms with E-state index in [4.69, 9.17) is 16.3 Å². The first-order valence-corrected chi connectivity index (χ1v) is 6.05. The minimum atomic E-state index is -0.457. The van der Waals surface area contributed by atoms with E-state index in [1.807, 2.05) is 25.1 Å². The van der Waals surface area contributed by atoms with Crippen molar-refractivity contribution >= 4 is 17.6 Å². The highest BCUT2D eigenvalue weighted by Crippen LogP contribution is 2.74. The summed E-state index contributed by atoms with van der Waals surface area (Å²) in [5.41, 5.74) is 1.88. The second kappa shape index (κ2) is 3.24. The summed E-state index contributed by atoms with van der Waals surface area (Å²) in [5, 5.41) is -0.215. The standard InChI is InChI=1S/C13H13ClO2/c1-2-16-12(15)13-7-10(13)8-5-3-4-6-9(8)11(13)14/h3-6,10-11H,2,7H2,1H3/t10-,11+,13+/m1/s1. The van der Waals surface area contributed by atoms with Crippen molar-refractivity contribution in [2.75, 3.05) is 6.61 Å². The lowest BCUT2D eigenvalue weighted by Gasteiger charge is -2.16. The Kier molecular flexibility index (Phi) is 2.05. The Balaban J connectivity index is 1.99. The van der Waals surface area contributed by atoms with E-state index in [0.29, 0.717) is 6.61 Å². The van der Waals surface area contributed by atoms with Gasteiger partial charge in [0.2, 0.25) is 0 Å². The monoisotopic (exact) mass is 236 g/mol. The van der Waals surface area contributed by atoms with Gasteiger partial charge in [-0.25, -0.2) is 0 Å². The van der Waals surface area contributed by atoms with Gasteiger partial charge in [0.05, 0.1) is 17.4 Å². The van der Waals surface area contributed by atoms with Crippen LogP contribution in [-0.2, 0) is 9.53 Å². The summed E-state index contributed by atoms with van der Waals surface area (Å²) in [7, 11) is 0. The van der Waals surface area contributed by atoms with Crippen LogP contribution in [0.2, 0.25) is 0 Å². The zero-order chi connectivity index (χ0) is 11.3. The average molecular weight is 237 g/mol. The molecule has 1 aromatic carbocycles. The number of halogens is 1. The number of alkyl halides is 1. The molecular formula is C13H13ClO2. The molecule has 2 nitrogen and oxygen atoms in total. The maximum absolute atomic E-state index is 12.0. The molecule has 2 aliphatic rings. The maximum atomic E-state index is 12.0. The number of hydrogen-bond donors (Lipinski definition) is 0. The summed E-state index contributed by atoms with van der Waals surface area (Å²) in [4.78, 5) is 12.0. The van der Waals surface area contributed by atoms with E-state index in [2.05, 4.69) is 6.07 Å². The van der Waals surface area contributed by atoms with E-state index >= 15 is 0 Å². The molecule has 1 aromatic rings. The Morgan fingerprint density at radius 2 is 2.19 bits per heavy atom. The fraction of sp³-hybridized carbons (Fsp3) is 0.462. The molecule has 0 heterocycles. The number of benzene rings is 1. The van der Waals surface area contributed by atoms with Crippen molar-refractivity contribution in [3.63, 3.8) is 0 Å². The van der Waals surface area contributed by atoms with Crippen molar-refractivity contribution in [1.29, 1.82) is 0 Å². The summed E-state index contributed by atoms with van der Waals surface area (Å²) < 4.78 is 5.15. The number of esters is 1. The molecule has 0 N–H and O–H groups in total. The van der Waals surface area contributed by atoms with Crippen LogP contribution in [0, 0.1) is 5.41 Å². The molecule has 0 saturated heterocycles. The summed E-state index contributed by atoms with van der Waals surface area (Å²) in [6.07, 6.45) is 0.844. The molecule has 84 valence electrons. The molecule has 1 saturated carbocycles. The van der Waals surface area contributed by atoms with Crippen LogP contribution < -0.4 is 0 Å². The predicted molar refractivity (Wildman–Crippen MR) is 61.5 cm³/mol. The molecule has 3 heteroatoms. The Morgan fingerprint density at radius 3 is 2.81 bits per heavy atom. The first-order chi connectivity index (χ1) is 7.71. The number of rotatable bonds is 2. The smallest absolute Gasteiger partial charge is 0.314 e. The molecular weight excluding hydrogens is 224 g/mol. The highest BCUT2D eigenvalue weighted by Gasteiger charge is 2.70. The van der Waals surface area contributed by atoms with Crippen LogP contribution in [0.15, 0.2) is 24.3 Å². The van der Waals surface area contributed by atoms with E-state index in [9.17, 15) is 4.79 Å². The van der Waals surface area contributed by atoms with Gasteiger partial charge in [0.25, 0.3) is 0 Å². The van der Waals surface area contributed by atoms with Gasteiger partial charge in [-0.15, -0.1) is 11.6 Å². The van der Waals surface area contributed by atoms with E-state index in [-0.39, 0.29) is 17.3 Å². The third-order valence-corrected chi connectivity index (χ3v) is 4.38. The molecule has 16 heavy (non-hydrogen) atoms. The molecule has 0 spiro atoms. The summed E-state index contributed by atoms with van der Waals surface area (Å²) >= 11 is 6.42. The highest BCUT2D eigenvalue weighted by molar-refractivity contribution is 6.24. The second-order valence-electron chi connectivity index (χ2n) is 4.51. The minimum absolute atomic E-state index is 0.129. The molecule has 3 rings (SSSR count). The SMILES string of the molecule is CCOC(=O)[C@@]12C[C@@H]1c1ccccc1[C@@H]2Cl. The molecule has 0 aromatic heterocycles. The van der Waals surface area contributed by atoms with Crippen molar-refractivity contribution in [2.45, 2.75) is 24.6 Å². The van der Waals surface area contributed by atoms with Crippen LogP contribution in [0.3, 0.4) is 0 Å². The molecule has 1 fully saturated rings. The van der Waals surface area contributed by atoms with Crippen molar-refractivity contribution in [1.82, 2.24) is 0 Å². The van der Waals surface area contributed by atoms with Crippen molar-refractivity contribution in [2.24, 2.45) is 5.41 Å². The molecule has 2 aliphatic carbocycles. The van der Waals surface area contributed by atoms with Crippen LogP contribution in [0.4, 0.5) is 0 Å². The van der Waals surface area contributed by atoms with Crippen molar-refractivity contribution < 1.29 is 9.53 Å². The maximum Gasteiger partial charge on any atom is 0.314 e. The lowest BCUT2D eigenvalue weighted by molar-refractivity contribution is -0.149. The Labute approximate surface area is 99.6 Å². The molecule has 0 bridgehead atoms. The third-order valence-electron chi connectivity index (χ3n) is 3.76. The van der Waals surface area contributed by atoms with Crippen LogP contribution in [0.5, 0.6) is 0 Å². The van der Waals surface area contributed by atoms with E-state index in [0.717, 1.165) is 12.0 Å². The first-order valence-electron chi connectivity index (χ1n) is 5.62. The number of ether oxygens (including phenoxy) is 1. The molecule has 3 atom stereocenters. The van der Waals surface area contributed by atoms with Gasteiger partial charge in [-0.05, 0) is 24.5 Å². The summed E-state index contributed by atoms with van der Waals surface area (Å²) in [6, 6.07) is 8.06. The van der Waals surface area contributed by atoms with Gasteiger partial charge < -0.3 is 4.74 Å². The Morgan fingerprint density at radius 1 is 1.50 bits per heavy atom. The molecule has 0 unspecified atom stereocenters. The minimum Gasteiger partial charge on any atom is -0.465 e. The van der Waals surface area contributed by atoms with Gasteiger partial charge in [0.1, 0.15) is 0 Å². The molecule has 0 aliphatic heterocycles. The second-order valence-corrected chi connectivity index (χ2v) is 4.95. The van der Waals surface area contributed by atoms with Crippen molar-refractivity contribution in [3.8, 4) is 0 Å². The van der Waals surface area contributed by atoms with Crippen molar-refractivity contribution in [3.05, 3.63) is 35.4 Å². The van der Waals surface area contributed by atoms with Gasteiger partial charge in [0.15, 0.2) is 0 Å². The van der Waals surface area contributed by atoms with Gasteiger partial charge in [0, 0.05) is 5.92 Å². The zero-order valence-electron chi connectivity index (χ0n) is 9.07. The average Bonchev–Trinajstić information content (AvgIpc) is 3.00. The molecule has 0 radical (unpaired) electrons. The number of carbonyl (C=O) groups excluding carboxylic acids is 1. The largest absolute Gasteiger partial charge is 0.465 e. The number of hydrogen-bond acceptors (Lipinski definition) is 2. The fourth-order valence-electron chi connectivity index (χ4n) is 2.88. The van der Waals surface area contributed by atoms with Gasteiger partial charge >= 0.3 is 5.97 Å². The van der Waals surface area contributed by atoms with Crippen LogP contribution in [0.1, 0.15) is 35.8 Å². The first kappa shape index (κ1) is 10.2. The summed E-state index contributed by atoms with van der Waals surface area (Å²) in [5.74, 6) is 0.154. The topological polar surface area (TPSA) is 26.3 Å². The lowest BCUT2D eigenvalue weighted by Crippen LogP contribution is -2.22. The fourth-order valence-corrected chi connectivity index (χ4v) is 3.41. The number of fused-ring (bicyclic) bond motifs is 3. The van der Waals surface area contributed by atoms with Gasteiger partial charge in [-0.1, -0.05) is 24.3 Å². The van der Waals surface area contributed by atoms with Crippen LogP contribution in [0.25, 0.3) is 0 Å². The zero-order valence-corrected chi connectivity index (χ0v) is 9.83. The summed E-state index contributed by atoms with van der Waals surface area (Å²) in [6.45, 7) is 2.25. The van der Waals surface area contributed by atoms with E-state index < -0.39 is 5.41 Å². The Hall–Kier alpha value is -1.02. The van der Waals surface area contributed by atoms with Gasteiger partial charge in [-0.2, -0.15) is 0 Å². The van der Waals surface area contributed by atoms with Crippen LogP contribution >= 0.6 is 11.6 Å². The number of carbonyl (C=O) groups is 1. The Bertz CT molecular complexity index is 442. The van der Waals surface area contributed by atoms with E-state index in [1.54, 1.807) is 0 Å². The van der Waals surface area contributed by atoms with Crippen LogP contribution in [-0.4, -0.2) is 12.6 Å². The van der Waals surface area contributed by atoms with E-state index in [1.165, 1.54) is 5.56 Å².